The number of rotatable bonds is 2. The lowest BCUT2D eigenvalue weighted by Crippen LogP contribution is -1.99. The number of carboxylic acids is 1. The van der Waals surface area contributed by atoms with Gasteiger partial charge in [-0.3, -0.25) is 4.79 Å². The summed E-state index contributed by atoms with van der Waals surface area (Å²) in [6.07, 6.45) is 2.96. The summed E-state index contributed by atoms with van der Waals surface area (Å²) in [6.45, 7) is 0. The van der Waals surface area contributed by atoms with Gasteiger partial charge in [-0.1, -0.05) is 0 Å². The molecule has 0 aliphatic carbocycles. The van der Waals surface area contributed by atoms with Crippen molar-refractivity contribution in [3.63, 3.8) is 0 Å². The minimum atomic E-state index is -0.848. The molecule has 0 radical (unpaired) electrons. The van der Waals surface area contributed by atoms with Crippen LogP contribution < -0.4 is 5.73 Å². The van der Waals surface area contributed by atoms with Gasteiger partial charge in [0.2, 0.25) is 0 Å². The average molecular weight is 157 g/mol. The molecule has 0 saturated carbocycles. The monoisotopic (exact) mass is 157 g/mol. The lowest BCUT2D eigenvalue weighted by atomic mass is 10.3. The van der Waals surface area contributed by atoms with Crippen molar-refractivity contribution in [3.05, 3.63) is 18.2 Å². The van der Waals surface area contributed by atoms with Gasteiger partial charge in [0, 0.05) is 11.9 Å². The molecule has 0 fully saturated rings. The van der Waals surface area contributed by atoms with E-state index in [1.807, 2.05) is 0 Å². The number of imidazole rings is 1. The largest absolute Gasteiger partial charge is 0.481 e. The predicted octanol–water partition coefficient (Wildman–Crippen LogP) is -0.388. The van der Waals surface area contributed by atoms with Gasteiger partial charge in [0.1, 0.15) is 0 Å². The highest BCUT2D eigenvalue weighted by molar-refractivity contribution is 5.69. The Morgan fingerprint density at radius 3 is 2.82 bits per heavy atom. The first kappa shape index (κ1) is 9.64. The quantitative estimate of drug-likeness (QED) is 0.545. The Kier molecular flexibility index (Phi) is 4.76. The van der Waals surface area contributed by atoms with Gasteiger partial charge < -0.3 is 15.8 Å². The summed E-state index contributed by atoms with van der Waals surface area (Å²) < 4.78 is 0. The van der Waals surface area contributed by atoms with Gasteiger partial charge >= 0.3 is 5.97 Å². The molecular formula is C6H11N3O2. The van der Waals surface area contributed by atoms with Crippen LogP contribution in [0.2, 0.25) is 0 Å². The molecule has 0 amide bonds. The summed E-state index contributed by atoms with van der Waals surface area (Å²) in [7, 11) is 1.50. The first-order chi connectivity index (χ1) is 5.29. The lowest BCUT2D eigenvalue weighted by molar-refractivity contribution is -0.136. The predicted molar refractivity (Wildman–Crippen MR) is 40.0 cm³/mol. The summed E-state index contributed by atoms with van der Waals surface area (Å²) in [6, 6.07) is 0. The van der Waals surface area contributed by atoms with Gasteiger partial charge in [-0.2, -0.15) is 0 Å². The van der Waals surface area contributed by atoms with Gasteiger partial charge in [0.15, 0.2) is 0 Å². The van der Waals surface area contributed by atoms with E-state index in [2.05, 4.69) is 15.7 Å². The maximum atomic E-state index is 10.0. The van der Waals surface area contributed by atoms with Crippen LogP contribution >= 0.6 is 0 Å². The number of nitrogens with two attached hydrogens (primary N) is 1. The molecular weight excluding hydrogens is 146 g/mol. The number of carbonyl (C=O) groups is 1. The average Bonchev–Trinajstić information content (AvgIpc) is 2.43. The third-order valence-corrected chi connectivity index (χ3v) is 0.897. The molecule has 0 saturated heterocycles. The Morgan fingerprint density at radius 1 is 1.82 bits per heavy atom. The minimum absolute atomic E-state index is 0.0139. The van der Waals surface area contributed by atoms with E-state index in [-0.39, 0.29) is 6.42 Å². The molecule has 0 aromatic carbocycles. The third kappa shape index (κ3) is 4.10. The Labute approximate surface area is 64.3 Å². The van der Waals surface area contributed by atoms with E-state index in [0.717, 1.165) is 0 Å². The third-order valence-electron chi connectivity index (χ3n) is 0.897. The Morgan fingerprint density at radius 2 is 2.45 bits per heavy atom. The van der Waals surface area contributed by atoms with Crippen LogP contribution in [0.25, 0.3) is 0 Å². The van der Waals surface area contributed by atoms with E-state index >= 15 is 0 Å². The molecule has 0 aliphatic rings. The van der Waals surface area contributed by atoms with Crippen molar-refractivity contribution >= 4 is 5.97 Å². The molecule has 1 aromatic heterocycles. The number of aliphatic carboxylic acids is 1. The number of nitrogens with one attached hydrogen (secondary N) is 1. The van der Waals surface area contributed by atoms with Gasteiger partial charge in [-0.15, -0.1) is 0 Å². The molecule has 5 heteroatoms. The zero-order chi connectivity index (χ0) is 8.69. The van der Waals surface area contributed by atoms with Gasteiger partial charge in [-0.25, -0.2) is 4.98 Å². The molecule has 1 heterocycles. The highest BCUT2D eigenvalue weighted by Crippen LogP contribution is 1.90. The highest BCUT2D eigenvalue weighted by Gasteiger charge is 1.98. The van der Waals surface area contributed by atoms with E-state index in [0.29, 0.717) is 5.69 Å². The van der Waals surface area contributed by atoms with E-state index < -0.39 is 5.97 Å². The molecule has 0 spiro atoms. The van der Waals surface area contributed by atoms with E-state index in [4.69, 9.17) is 5.11 Å². The highest BCUT2D eigenvalue weighted by atomic mass is 16.4. The van der Waals surface area contributed by atoms with Crippen LogP contribution in [0.3, 0.4) is 0 Å². The second kappa shape index (κ2) is 5.43. The topological polar surface area (TPSA) is 92.0 Å². The second-order valence-electron chi connectivity index (χ2n) is 1.65. The van der Waals surface area contributed by atoms with Crippen LogP contribution in [0.15, 0.2) is 12.5 Å². The first-order valence-corrected chi connectivity index (χ1v) is 3.06. The molecule has 4 N–H and O–H groups in total. The van der Waals surface area contributed by atoms with Crippen LogP contribution in [0.1, 0.15) is 5.69 Å². The van der Waals surface area contributed by atoms with Crippen LogP contribution in [0.5, 0.6) is 0 Å². The second-order valence-corrected chi connectivity index (χ2v) is 1.65. The summed E-state index contributed by atoms with van der Waals surface area (Å²) in [5.41, 5.74) is 5.13. The maximum absolute atomic E-state index is 10.0. The molecule has 0 bridgehead atoms. The fourth-order valence-corrected chi connectivity index (χ4v) is 0.544. The van der Waals surface area contributed by atoms with Crippen LogP contribution in [-0.4, -0.2) is 28.1 Å². The standard InChI is InChI=1S/C5H6N2O2.CH5N/c8-5(9)1-4-2-6-3-7-4;1-2/h2-3H,1H2,(H,6,7)(H,8,9);2H2,1H3. The number of H-pyrrole nitrogens is 1. The maximum Gasteiger partial charge on any atom is 0.309 e. The van der Waals surface area contributed by atoms with E-state index in [1.165, 1.54) is 19.6 Å². The van der Waals surface area contributed by atoms with Crippen molar-refractivity contribution in [2.24, 2.45) is 5.73 Å². The summed E-state index contributed by atoms with van der Waals surface area (Å²) in [5, 5.41) is 8.24. The molecule has 1 rings (SSSR count). The first-order valence-electron chi connectivity index (χ1n) is 3.06. The van der Waals surface area contributed by atoms with Crippen molar-refractivity contribution in [2.75, 3.05) is 7.05 Å². The fourth-order valence-electron chi connectivity index (χ4n) is 0.544. The Hall–Kier alpha value is -1.36. The number of hydrogen-bond donors (Lipinski definition) is 3. The molecule has 5 nitrogen and oxygen atoms in total. The van der Waals surface area contributed by atoms with Crippen molar-refractivity contribution in [3.8, 4) is 0 Å². The van der Waals surface area contributed by atoms with Crippen molar-refractivity contribution in [2.45, 2.75) is 6.42 Å². The Bertz CT molecular complexity index is 196. The number of carboxylic acid groups (broad SMARTS) is 1. The minimum Gasteiger partial charge on any atom is -0.481 e. The summed E-state index contributed by atoms with van der Waals surface area (Å²) in [4.78, 5) is 16.4. The van der Waals surface area contributed by atoms with Gasteiger partial charge in [0.25, 0.3) is 0 Å². The summed E-state index contributed by atoms with van der Waals surface area (Å²) >= 11 is 0. The van der Waals surface area contributed by atoms with Crippen LogP contribution in [0.4, 0.5) is 0 Å². The van der Waals surface area contributed by atoms with Crippen LogP contribution in [-0.2, 0) is 11.2 Å². The van der Waals surface area contributed by atoms with Crippen molar-refractivity contribution < 1.29 is 9.90 Å². The number of aromatic amines is 1. The number of aromatic nitrogens is 2. The molecule has 0 atom stereocenters. The zero-order valence-electron chi connectivity index (χ0n) is 6.24. The normalized spacial score (nSPS) is 8.18. The van der Waals surface area contributed by atoms with E-state index in [1.54, 1.807) is 0 Å². The summed E-state index contributed by atoms with van der Waals surface area (Å²) in [5.74, 6) is -0.848. The fraction of sp³-hybridized carbons (Fsp3) is 0.333. The van der Waals surface area contributed by atoms with E-state index in [9.17, 15) is 4.79 Å². The Balaban J connectivity index is 0.000000461. The SMILES string of the molecule is CN.O=C(O)Cc1cnc[nH]1. The van der Waals surface area contributed by atoms with Crippen LogP contribution in [0, 0.1) is 0 Å². The van der Waals surface area contributed by atoms with Crippen molar-refractivity contribution in [1.82, 2.24) is 9.97 Å². The number of hydrogen-bond acceptors (Lipinski definition) is 3. The van der Waals surface area contributed by atoms with Gasteiger partial charge in [0.05, 0.1) is 12.7 Å². The molecule has 11 heavy (non-hydrogen) atoms. The molecule has 62 valence electrons. The number of nitrogens with zero attached hydrogens (tertiary/aromatic N) is 1. The molecule has 0 unspecified atom stereocenters. The molecule has 0 aliphatic heterocycles. The van der Waals surface area contributed by atoms with Gasteiger partial charge in [-0.05, 0) is 7.05 Å². The van der Waals surface area contributed by atoms with Crippen molar-refractivity contribution in [1.29, 1.82) is 0 Å². The zero-order valence-corrected chi connectivity index (χ0v) is 6.24. The lowest BCUT2D eigenvalue weighted by Gasteiger charge is -1.85. The smallest absolute Gasteiger partial charge is 0.309 e. The molecule has 1 aromatic rings.